The maximum Gasteiger partial charge on any atom is 0.123 e. The van der Waals surface area contributed by atoms with Gasteiger partial charge in [0, 0.05) is 21.5 Å². The van der Waals surface area contributed by atoms with E-state index in [2.05, 4.69) is 48.4 Å². The molecule has 0 fully saturated rings. The fourth-order valence-electron chi connectivity index (χ4n) is 4.55. The maximum absolute atomic E-state index is 13.7. The molecule has 0 saturated carbocycles. The number of halogens is 1. The predicted molar refractivity (Wildman–Crippen MR) is 110 cm³/mol. The normalized spacial score (nSPS) is 19.4. The van der Waals surface area contributed by atoms with Gasteiger partial charge in [0.25, 0.3) is 0 Å². The number of aromatic amines is 1. The summed E-state index contributed by atoms with van der Waals surface area (Å²) in [5, 5.41) is 3.16. The summed E-state index contributed by atoms with van der Waals surface area (Å²) in [6.07, 6.45) is 3.89. The van der Waals surface area contributed by atoms with Gasteiger partial charge in [-0.1, -0.05) is 13.0 Å². The van der Waals surface area contributed by atoms with E-state index in [1.807, 2.05) is 17.4 Å². The minimum absolute atomic E-state index is 0.0211. The van der Waals surface area contributed by atoms with Crippen LogP contribution in [0, 0.1) is 5.82 Å². The summed E-state index contributed by atoms with van der Waals surface area (Å²) in [5.41, 5.74) is 3.39. The Balaban J connectivity index is 1.63. The highest BCUT2D eigenvalue weighted by atomic mass is 32.1. The average molecular weight is 387 g/mol. The molecule has 3 nitrogen and oxygen atoms in total. The van der Waals surface area contributed by atoms with Crippen molar-refractivity contribution in [3.05, 3.63) is 57.7 Å². The van der Waals surface area contributed by atoms with Crippen molar-refractivity contribution in [1.82, 2.24) is 9.88 Å². The highest BCUT2D eigenvalue weighted by molar-refractivity contribution is 7.10. The molecule has 0 amide bonds. The fourth-order valence-corrected chi connectivity index (χ4v) is 5.66. The van der Waals surface area contributed by atoms with Crippen LogP contribution >= 0.6 is 11.3 Å². The van der Waals surface area contributed by atoms with Gasteiger partial charge in [-0.3, -0.25) is 4.90 Å². The third-order valence-electron chi connectivity index (χ3n) is 6.14. The van der Waals surface area contributed by atoms with E-state index in [0.717, 1.165) is 42.3 Å². The first-order chi connectivity index (χ1) is 13.0. The third kappa shape index (κ3) is 3.22. The van der Waals surface area contributed by atoms with E-state index in [1.54, 1.807) is 6.07 Å². The lowest BCUT2D eigenvalue weighted by Crippen LogP contribution is -2.40. The number of nitrogens with zero attached hydrogens (tertiary/aromatic N) is 1. The van der Waals surface area contributed by atoms with Crippen molar-refractivity contribution in [2.75, 3.05) is 20.7 Å². The molecule has 1 aliphatic rings. The highest BCUT2D eigenvalue weighted by Crippen LogP contribution is 2.42. The molecule has 3 aromatic rings. The number of rotatable bonds is 6. The van der Waals surface area contributed by atoms with Crippen molar-refractivity contribution in [1.29, 1.82) is 0 Å². The van der Waals surface area contributed by atoms with Gasteiger partial charge < -0.3 is 9.72 Å². The number of ether oxygens (including phenoxy) is 1. The molecule has 0 bridgehead atoms. The fraction of sp³-hybridized carbons (Fsp3) is 0.455. The zero-order valence-electron chi connectivity index (χ0n) is 16.2. The van der Waals surface area contributed by atoms with E-state index in [0.29, 0.717) is 6.61 Å². The van der Waals surface area contributed by atoms with Crippen LogP contribution in [-0.4, -0.2) is 30.6 Å². The molecular formula is C22H27FN2OS. The van der Waals surface area contributed by atoms with Gasteiger partial charge in [-0.05, 0) is 75.0 Å². The Labute approximate surface area is 164 Å². The number of nitrogens with one attached hydrogen (secondary N) is 1. The van der Waals surface area contributed by atoms with E-state index < -0.39 is 0 Å². The van der Waals surface area contributed by atoms with Crippen molar-refractivity contribution < 1.29 is 9.13 Å². The van der Waals surface area contributed by atoms with Gasteiger partial charge in [0.15, 0.2) is 0 Å². The summed E-state index contributed by atoms with van der Waals surface area (Å²) in [6, 6.07) is 9.38. The summed E-state index contributed by atoms with van der Waals surface area (Å²) < 4.78 is 19.9. The molecule has 5 heteroatoms. The molecule has 1 aliphatic heterocycles. The first kappa shape index (κ1) is 18.7. The van der Waals surface area contributed by atoms with Gasteiger partial charge >= 0.3 is 0 Å². The van der Waals surface area contributed by atoms with Crippen LogP contribution in [-0.2, 0) is 16.7 Å². The minimum atomic E-state index is -0.178. The lowest BCUT2D eigenvalue weighted by Gasteiger charge is -2.40. The molecule has 0 aliphatic carbocycles. The van der Waals surface area contributed by atoms with Gasteiger partial charge in [-0.15, -0.1) is 11.3 Å². The lowest BCUT2D eigenvalue weighted by molar-refractivity contribution is 0.0173. The van der Waals surface area contributed by atoms with Gasteiger partial charge in [-0.2, -0.15) is 0 Å². The number of benzene rings is 1. The van der Waals surface area contributed by atoms with Crippen LogP contribution < -0.4 is 0 Å². The zero-order valence-corrected chi connectivity index (χ0v) is 17.0. The first-order valence-electron chi connectivity index (χ1n) is 9.68. The molecule has 3 heterocycles. The second kappa shape index (κ2) is 7.38. The van der Waals surface area contributed by atoms with Gasteiger partial charge in [-0.25, -0.2) is 4.39 Å². The Morgan fingerprint density at radius 3 is 2.89 bits per heavy atom. The summed E-state index contributed by atoms with van der Waals surface area (Å²) >= 11 is 1.83. The van der Waals surface area contributed by atoms with E-state index in [4.69, 9.17) is 4.74 Å². The summed E-state index contributed by atoms with van der Waals surface area (Å²) in [6.45, 7) is 2.96. The minimum Gasteiger partial charge on any atom is -0.372 e. The van der Waals surface area contributed by atoms with Crippen LogP contribution in [0.25, 0.3) is 10.9 Å². The standard InChI is InChI=1S/C22H27FN2OS/c1-4-22(25(2)3,20-6-5-13-27-20)11-9-19-21-16(10-12-26-19)17-14-15(23)7-8-18(17)24-21/h5-8,13-14,19,24H,4,9-12H2,1-3H3. The van der Waals surface area contributed by atoms with Gasteiger partial charge in [0.2, 0.25) is 0 Å². The Kier molecular flexibility index (Phi) is 5.10. The molecule has 0 saturated heterocycles. The Hall–Kier alpha value is -1.69. The van der Waals surface area contributed by atoms with Crippen LogP contribution in [0.15, 0.2) is 35.7 Å². The van der Waals surface area contributed by atoms with Crippen molar-refractivity contribution >= 4 is 22.2 Å². The summed E-state index contributed by atoms with van der Waals surface area (Å²) in [5.74, 6) is -0.178. The van der Waals surface area contributed by atoms with Crippen LogP contribution in [0.1, 0.15) is 48.4 Å². The first-order valence-corrected chi connectivity index (χ1v) is 10.6. The number of H-pyrrole nitrogens is 1. The number of aromatic nitrogens is 1. The molecule has 1 N–H and O–H groups in total. The highest BCUT2D eigenvalue weighted by Gasteiger charge is 2.36. The molecule has 144 valence electrons. The Morgan fingerprint density at radius 1 is 1.33 bits per heavy atom. The number of hydrogen-bond acceptors (Lipinski definition) is 3. The maximum atomic E-state index is 13.7. The third-order valence-corrected chi connectivity index (χ3v) is 7.20. The molecule has 0 radical (unpaired) electrons. The van der Waals surface area contributed by atoms with Gasteiger partial charge in [0.1, 0.15) is 5.82 Å². The van der Waals surface area contributed by atoms with Crippen LogP contribution in [0.2, 0.25) is 0 Å². The molecule has 0 spiro atoms. The van der Waals surface area contributed by atoms with Crippen molar-refractivity contribution in [2.24, 2.45) is 0 Å². The smallest absolute Gasteiger partial charge is 0.123 e. The topological polar surface area (TPSA) is 28.3 Å². The van der Waals surface area contributed by atoms with Crippen LogP contribution in [0.3, 0.4) is 0 Å². The Morgan fingerprint density at radius 2 is 2.19 bits per heavy atom. The van der Waals surface area contributed by atoms with Gasteiger partial charge in [0.05, 0.1) is 18.2 Å². The molecule has 4 rings (SSSR count). The number of hydrogen-bond donors (Lipinski definition) is 1. The lowest BCUT2D eigenvalue weighted by atomic mass is 9.85. The molecule has 2 unspecified atom stereocenters. The van der Waals surface area contributed by atoms with Crippen molar-refractivity contribution in [3.63, 3.8) is 0 Å². The predicted octanol–water partition coefficient (Wildman–Crippen LogP) is 5.63. The summed E-state index contributed by atoms with van der Waals surface area (Å²) in [7, 11) is 4.34. The van der Waals surface area contributed by atoms with E-state index in [-0.39, 0.29) is 17.5 Å². The monoisotopic (exact) mass is 386 g/mol. The second-order valence-corrected chi connectivity index (χ2v) is 8.56. The van der Waals surface area contributed by atoms with E-state index in [9.17, 15) is 4.39 Å². The number of thiophene rings is 1. The second-order valence-electron chi connectivity index (χ2n) is 7.61. The molecule has 2 atom stereocenters. The quantitative estimate of drug-likeness (QED) is 0.595. The molecule has 2 aromatic heterocycles. The van der Waals surface area contributed by atoms with Crippen molar-refractivity contribution in [3.8, 4) is 0 Å². The largest absolute Gasteiger partial charge is 0.372 e. The van der Waals surface area contributed by atoms with E-state index >= 15 is 0 Å². The van der Waals surface area contributed by atoms with Crippen molar-refractivity contribution in [2.45, 2.75) is 44.2 Å². The number of fused-ring (bicyclic) bond motifs is 3. The molecule has 1 aromatic carbocycles. The Bertz CT molecular complexity index is 918. The average Bonchev–Trinajstić information content (AvgIpc) is 3.31. The summed E-state index contributed by atoms with van der Waals surface area (Å²) in [4.78, 5) is 7.27. The van der Waals surface area contributed by atoms with Crippen LogP contribution in [0.4, 0.5) is 4.39 Å². The van der Waals surface area contributed by atoms with Crippen LogP contribution in [0.5, 0.6) is 0 Å². The molecular weight excluding hydrogens is 359 g/mol. The van der Waals surface area contributed by atoms with E-state index in [1.165, 1.54) is 16.5 Å². The zero-order chi connectivity index (χ0) is 19.0. The molecule has 27 heavy (non-hydrogen) atoms. The SMILES string of the molecule is CCC(CCC1OCCc2c1[nH]c1ccc(F)cc21)(c1cccs1)N(C)C.